The van der Waals surface area contributed by atoms with Crippen LogP contribution in [0.5, 0.6) is 0 Å². The van der Waals surface area contributed by atoms with E-state index in [0.29, 0.717) is 5.02 Å². The van der Waals surface area contributed by atoms with Crippen molar-refractivity contribution in [2.24, 2.45) is 0 Å². The Hall–Kier alpha value is -1.81. The summed E-state index contributed by atoms with van der Waals surface area (Å²) in [5.74, 6) is -0.293. The predicted octanol–water partition coefficient (Wildman–Crippen LogP) is 3.08. The van der Waals surface area contributed by atoms with Gasteiger partial charge in [0.05, 0.1) is 5.92 Å². The molecule has 88 valence electrons. The first-order chi connectivity index (χ1) is 8.16. The summed E-state index contributed by atoms with van der Waals surface area (Å²) in [6, 6.07) is 10.8. The highest BCUT2D eigenvalue weighted by atomic mass is 35.5. The number of halogens is 1. The maximum atomic E-state index is 10.7. The van der Waals surface area contributed by atoms with Gasteiger partial charge in [0.2, 0.25) is 6.54 Å². The molecule has 1 atom stereocenters. The van der Waals surface area contributed by atoms with Crippen molar-refractivity contribution in [1.29, 1.82) is 0 Å². The van der Waals surface area contributed by atoms with Gasteiger partial charge in [-0.3, -0.25) is 10.1 Å². The van der Waals surface area contributed by atoms with E-state index in [1.165, 1.54) is 0 Å². The van der Waals surface area contributed by atoms with Gasteiger partial charge in [-0.15, -0.1) is 0 Å². The van der Waals surface area contributed by atoms with Crippen LogP contribution in [0.4, 0.5) is 0 Å². The molecule has 1 aromatic heterocycles. The Morgan fingerprint density at radius 1 is 1.35 bits per heavy atom. The summed E-state index contributed by atoms with van der Waals surface area (Å²) in [5.41, 5.74) is 1.67. The number of benzene rings is 1. The minimum Gasteiger partial charge on any atom is -0.364 e. The molecule has 0 fully saturated rings. The first-order valence-corrected chi connectivity index (χ1v) is 5.55. The van der Waals surface area contributed by atoms with Gasteiger partial charge in [0.25, 0.3) is 0 Å². The minimum atomic E-state index is -0.313. The van der Waals surface area contributed by atoms with Gasteiger partial charge < -0.3 is 4.98 Å². The maximum Gasteiger partial charge on any atom is 0.216 e. The number of nitrogens with zero attached hydrogens (tertiary/aromatic N) is 1. The second kappa shape index (κ2) is 5.01. The number of rotatable bonds is 4. The Bertz CT molecular complexity index is 511. The maximum absolute atomic E-state index is 10.7. The fourth-order valence-corrected chi connectivity index (χ4v) is 2.02. The van der Waals surface area contributed by atoms with Crippen LogP contribution in [-0.2, 0) is 0 Å². The summed E-state index contributed by atoms with van der Waals surface area (Å²) in [5, 5.41) is 11.3. The van der Waals surface area contributed by atoms with E-state index in [9.17, 15) is 10.1 Å². The second-order valence-corrected chi connectivity index (χ2v) is 4.18. The van der Waals surface area contributed by atoms with E-state index in [4.69, 9.17) is 11.6 Å². The molecular formula is C12H11ClN2O2. The number of H-pyrrole nitrogens is 1. The lowest BCUT2D eigenvalue weighted by atomic mass is 9.96. The lowest BCUT2D eigenvalue weighted by Crippen LogP contribution is -2.14. The van der Waals surface area contributed by atoms with Gasteiger partial charge in [0, 0.05) is 21.8 Å². The van der Waals surface area contributed by atoms with Crippen LogP contribution in [0.25, 0.3) is 0 Å². The third-order valence-corrected chi connectivity index (χ3v) is 2.82. The predicted molar refractivity (Wildman–Crippen MR) is 65.9 cm³/mol. The highest BCUT2D eigenvalue weighted by Crippen LogP contribution is 2.25. The summed E-state index contributed by atoms with van der Waals surface area (Å²) in [4.78, 5) is 13.4. The quantitative estimate of drug-likeness (QED) is 0.670. The molecule has 1 aromatic carbocycles. The number of aromatic nitrogens is 1. The zero-order valence-electron chi connectivity index (χ0n) is 8.97. The van der Waals surface area contributed by atoms with Crippen molar-refractivity contribution in [3.63, 3.8) is 0 Å². The summed E-state index contributed by atoms with van der Waals surface area (Å²) in [7, 11) is 0. The molecule has 2 aromatic rings. The Morgan fingerprint density at radius 3 is 2.76 bits per heavy atom. The zero-order chi connectivity index (χ0) is 12.3. The molecule has 17 heavy (non-hydrogen) atoms. The normalized spacial score (nSPS) is 12.3. The SMILES string of the molecule is O=[N+]([O-])C[C@H](c1cccc(Cl)c1)c1ccc[nH]1. The van der Waals surface area contributed by atoms with Crippen molar-refractivity contribution < 1.29 is 4.92 Å². The number of aromatic amines is 1. The molecule has 1 heterocycles. The lowest BCUT2D eigenvalue weighted by molar-refractivity contribution is -0.481. The monoisotopic (exact) mass is 250 g/mol. The van der Waals surface area contributed by atoms with Crippen molar-refractivity contribution in [3.05, 3.63) is 69.0 Å². The molecule has 4 nitrogen and oxygen atoms in total. The van der Waals surface area contributed by atoms with E-state index in [1.807, 2.05) is 18.2 Å². The van der Waals surface area contributed by atoms with Crippen LogP contribution in [0.15, 0.2) is 42.6 Å². The fourth-order valence-electron chi connectivity index (χ4n) is 1.82. The van der Waals surface area contributed by atoms with Crippen LogP contribution >= 0.6 is 11.6 Å². The average Bonchev–Trinajstić information content (AvgIpc) is 2.79. The second-order valence-electron chi connectivity index (χ2n) is 3.75. The van der Waals surface area contributed by atoms with E-state index in [0.717, 1.165) is 11.3 Å². The number of hydrogen-bond acceptors (Lipinski definition) is 2. The molecule has 0 saturated heterocycles. The Morgan fingerprint density at radius 2 is 2.18 bits per heavy atom. The van der Waals surface area contributed by atoms with Crippen LogP contribution in [-0.4, -0.2) is 16.5 Å². The van der Waals surface area contributed by atoms with Gasteiger partial charge in [0.1, 0.15) is 0 Å². The van der Waals surface area contributed by atoms with Gasteiger partial charge in [-0.05, 0) is 29.8 Å². The molecule has 2 rings (SSSR count). The van der Waals surface area contributed by atoms with Crippen LogP contribution in [0.2, 0.25) is 5.02 Å². The summed E-state index contributed by atoms with van der Waals surface area (Å²) < 4.78 is 0. The zero-order valence-corrected chi connectivity index (χ0v) is 9.72. The Balaban J connectivity index is 2.36. The summed E-state index contributed by atoms with van der Waals surface area (Å²) in [6.45, 7) is -0.152. The highest BCUT2D eigenvalue weighted by Gasteiger charge is 2.20. The molecular weight excluding hydrogens is 240 g/mol. The largest absolute Gasteiger partial charge is 0.364 e. The topological polar surface area (TPSA) is 58.9 Å². The first-order valence-electron chi connectivity index (χ1n) is 5.17. The van der Waals surface area contributed by atoms with Crippen molar-refractivity contribution in [2.75, 3.05) is 6.54 Å². The van der Waals surface area contributed by atoms with Gasteiger partial charge in [-0.25, -0.2) is 0 Å². The van der Waals surface area contributed by atoms with E-state index >= 15 is 0 Å². The average molecular weight is 251 g/mol. The molecule has 0 saturated carbocycles. The van der Waals surface area contributed by atoms with Crippen LogP contribution in [0.3, 0.4) is 0 Å². The van der Waals surface area contributed by atoms with E-state index in [-0.39, 0.29) is 17.4 Å². The Kier molecular flexibility index (Phi) is 3.44. The molecule has 0 spiro atoms. The molecule has 5 heteroatoms. The van der Waals surface area contributed by atoms with Crippen LogP contribution in [0.1, 0.15) is 17.2 Å². The molecule has 0 aliphatic heterocycles. The van der Waals surface area contributed by atoms with Crippen molar-refractivity contribution in [3.8, 4) is 0 Å². The molecule has 1 N–H and O–H groups in total. The van der Waals surface area contributed by atoms with Gasteiger partial charge in [-0.1, -0.05) is 23.7 Å². The Labute approximate surface area is 103 Å². The first kappa shape index (κ1) is 11.7. The molecule has 0 aliphatic carbocycles. The van der Waals surface area contributed by atoms with E-state index in [2.05, 4.69) is 4.98 Å². The van der Waals surface area contributed by atoms with Crippen molar-refractivity contribution in [1.82, 2.24) is 4.98 Å². The third-order valence-electron chi connectivity index (χ3n) is 2.58. The third kappa shape index (κ3) is 2.85. The molecule has 0 bridgehead atoms. The molecule has 0 unspecified atom stereocenters. The van der Waals surface area contributed by atoms with E-state index in [1.54, 1.807) is 24.4 Å². The lowest BCUT2D eigenvalue weighted by Gasteiger charge is -2.12. The highest BCUT2D eigenvalue weighted by molar-refractivity contribution is 6.30. The molecule has 0 radical (unpaired) electrons. The van der Waals surface area contributed by atoms with E-state index < -0.39 is 0 Å². The number of hydrogen-bond donors (Lipinski definition) is 1. The standard InChI is InChI=1S/C12H11ClN2O2/c13-10-4-1-3-9(7-10)11(8-15(16)17)12-5-2-6-14-12/h1-7,11,14H,8H2/t11-/m1/s1. The number of nitro groups is 1. The number of nitrogens with one attached hydrogen (secondary N) is 1. The summed E-state index contributed by atoms with van der Waals surface area (Å²) >= 11 is 5.91. The molecule has 0 aliphatic rings. The van der Waals surface area contributed by atoms with Crippen molar-refractivity contribution >= 4 is 11.6 Å². The fraction of sp³-hybridized carbons (Fsp3) is 0.167. The molecule has 0 amide bonds. The van der Waals surface area contributed by atoms with Crippen LogP contribution in [0, 0.1) is 10.1 Å². The minimum absolute atomic E-state index is 0.152. The van der Waals surface area contributed by atoms with Gasteiger partial charge in [-0.2, -0.15) is 0 Å². The van der Waals surface area contributed by atoms with Crippen molar-refractivity contribution in [2.45, 2.75) is 5.92 Å². The van der Waals surface area contributed by atoms with Gasteiger partial charge in [0.15, 0.2) is 0 Å². The van der Waals surface area contributed by atoms with Gasteiger partial charge >= 0.3 is 0 Å². The van der Waals surface area contributed by atoms with Crippen LogP contribution < -0.4 is 0 Å². The smallest absolute Gasteiger partial charge is 0.216 e. The summed E-state index contributed by atoms with van der Waals surface area (Å²) in [6.07, 6.45) is 1.76.